The van der Waals surface area contributed by atoms with Gasteiger partial charge in [0.1, 0.15) is 17.0 Å². The van der Waals surface area contributed by atoms with Gasteiger partial charge in [-0.2, -0.15) is 13.2 Å². The Kier molecular flexibility index (Phi) is 4.26. The number of pyridine rings is 2. The maximum atomic E-state index is 13.2. The number of halogens is 4. The summed E-state index contributed by atoms with van der Waals surface area (Å²) in [6.45, 7) is -0.0455. The smallest absolute Gasteiger partial charge is 0.433 e. The van der Waals surface area contributed by atoms with E-state index in [9.17, 15) is 22.8 Å². The molecule has 3 heterocycles. The van der Waals surface area contributed by atoms with Crippen LogP contribution in [0.25, 0.3) is 16.7 Å². The summed E-state index contributed by atoms with van der Waals surface area (Å²) in [6.07, 6.45) is -4.72. The van der Waals surface area contributed by atoms with E-state index in [0.29, 0.717) is 0 Å². The zero-order valence-electron chi connectivity index (χ0n) is 14.0. The van der Waals surface area contributed by atoms with E-state index in [1.807, 2.05) is 0 Å². The first kappa shape index (κ1) is 18.3. The molecule has 0 radical (unpaired) electrons. The third-order valence-corrected chi connectivity index (χ3v) is 4.52. The first-order chi connectivity index (χ1) is 13.3. The zero-order valence-corrected chi connectivity index (χ0v) is 14.8. The largest absolute Gasteiger partial charge is 0.486 e. The zero-order chi connectivity index (χ0) is 20.1. The minimum atomic E-state index is -4.72. The third-order valence-electron chi connectivity index (χ3n) is 4.20. The Labute approximate surface area is 160 Å². The van der Waals surface area contributed by atoms with Gasteiger partial charge in [0.15, 0.2) is 0 Å². The van der Waals surface area contributed by atoms with Crippen LogP contribution in [-0.2, 0) is 11.0 Å². The van der Waals surface area contributed by atoms with Crippen molar-refractivity contribution in [1.82, 2.24) is 9.55 Å². The number of ether oxygens (including phenoxy) is 1. The van der Waals surface area contributed by atoms with Crippen molar-refractivity contribution in [3.8, 4) is 11.4 Å². The molecule has 2 aromatic heterocycles. The van der Waals surface area contributed by atoms with E-state index >= 15 is 0 Å². The maximum Gasteiger partial charge on any atom is 0.433 e. The normalized spacial score (nSPS) is 14.2. The second kappa shape index (κ2) is 6.52. The number of aromatic nitrogens is 2. The van der Waals surface area contributed by atoms with Gasteiger partial charge in [0.25, 0.3) is 0 Å². The number of benzene rings is 1. The molecule has 1 aromatic carbocycles. The number of amides is 1. The number of nitrogens with one attached hydrogen (secondary N) is 1. The van der Waals surface area contributed by atoms with Crippen molar-refractivity contribution >= 4 is 34.2 Å². The Morgan fingerprint density at radius 2 is 1.89 bits per heavy atom. The van der Waals surface area contributed by atoms with Gasteiger partial charge >= 0.3 is 11.7 Å². The van der Waals surface area contributed by atoms with Crippen LogP contribution in [0.4, 0.5) is 18.9 Å². The van der Waals surface area contributed by atoms with Crippen LogP contribution < -0.4 is 15.6 Å². The summed E-state index contributed by atoms with van der Waals surface area (Å²) >= 11 is 6.18. The lowest BCUT2D eigenvalue weighted by Gasteiger charge is -2.17. The SMILES string of the molecule is O=C1CCOc2c(c3ccc(C(F)(F)F)nc3n(-c3ccccc3Cl)c2=O)N1. The van der Waals surface area contributed by atoms with Gasteiger partial charge < -0.3 is 10.1 Å². The predicted molar refractivity (Wildman–Crippen MR) is 96.1 cm³/mol. The molecule has 0 spiro atoms. The molecule has 1 aliphatic heterocycles. The average molecular weight is 410 g/mol. The number of rotatable bonds is 1. The minimum Gasteiger partial charge on any atom is -0.486 e. The fourth-order valence-electron chi connectivity index (χ4n) is 2.96. The van der Waals surface area contributed by atoms with Crippen LogP contribution in [0.3, 0.4) is 0 Å². The fraction of sp³-hybridized carbons (Fsp3) is 0.167. The lowest BCUT2D eigenvalue weighted by atomic mass is 10.2. The van der Waals surface area contributed by atoms with Crippen LogP contribution in [0, 0.1) is 0 Å². The van der Waals surface area contributed by atoms with E-state index < -0.39 is 23.3 Å². The number of hydrogen-bond acceptors (Lipinski definition) is 4. The van der Waals surface area contributed by atoms with E-state index in [-0.39, 0.29) is 46.2 Å². The van der Waals surface area contributed by atoms with Gasteiger partial charge in [-0.1, -0.05) is 23.7 Å². The molecule has 28 heavy (non-hydrogen) atoms. The molecule has 10 heteroatoms. The molecule has 144 valence electrons. The molecule has 0 fully saturated rings. The van der Waals surface area contributed by atoms with Crippen LogP contribution in [-0.4, -0.2) is 22.1 Å². The number of nitrogens with zero attached hydrogens (tertiary/aromatic N) is 2. The predicted octanol–water partition coefficient (Wildman–Crippen LogP) is 3.78. The van der Waals surface area contributed by atoms with Gasteiger partial charge in [0, 0.05) is 5.39 Å². The lowest BCUT2D eigenvalue weighted by molar-refractivity contribution is -0.141. The van der Waals surface area contributed by atoms with Gasteiger partial charge in [-0.15, -0.1) is 0 Å². The highest BCUT2D eigenvalue weighted by atomic mass is 35.5. The maximum absolute atomic E-state index is 13.2. The second-order valence-electron chi connectivity index (χ2n) is 6.01. The van der Waals surface area contributed by atoms with Crippen molar-refractivity contribution < 1.29 is 22.7 Å². The molecule has 1 amide bonds. The van der Waals surface area contributed by atoms with Crippen molar-refractivity contribution in [3.05, 3.63) is 57.5 Å². The first-order valence-electron chi connectivity index (χ1n) is 8.12. The summed E-state index contributed by atoms with van der Waals surface area (Å²) in [6, 6.07) is 8.10. The fourth-order valence-corrected chi connectivity index (χ4v) is 3.18. The van der Waals surface area contributed by atoms with E-state index in [1.165, 1.54) is 12.1 Å². The van der Waals surface area contributed by atoms with Crippen LogP contribution in [0.5, 0.6) is 5.75 Å². The number of carbonyl (C=O) groups is 1. The molecular weight excluding hydrogens is 399 g/mol. The number of para-hydroxylation sites is 1. The Bertz CT molecular complexity index is 1170. The summed E-state index contributed by atoms with van der Waals surface area (Å²) in [7, 11) is 0. The summed E-state index contributed by atoms with van der Waals surface area (Å²) in [5.41, 5.74) is -2.11. The van der Waals surface area contributed by atoms with Gasteiger partial charge in [0.2, 0.25) is 11.7 Å². The van der Waals surface area contributed by atoms with Crippen LogP contribution >= 0.6 is 11.6 Å². The van der Waals surface area contributed by atoms with Gasteiger partial charge in [-0.25, -0.2) is 4.98 Å². The molecule has 1 aliphatic rings. The quantitative estimate of drug-likeness (QED) is 0.664. The topological polar surface area (TPSA) is 73.2 Å². The molecule has 4 rings (SSSR count). The number of fused-ring (bicyclic) bond motifs is 3. The molecule has 0 atom stereocenters. The van der Waals surface area contributed by atoms with Crippen LogP contribution in [0.1, 0.15) is 12.1 Å². The van der Waals surface area contributed by atoms with Crippen LogP contribution in [0.2, 0.25) is 5.02 Å². The Hall–Kier alpha value is -3.07. The average Bonchev–Trinajstić information content (AvgIpc) is 2.84. The third kappa shape index (κ3) is 2.97. The molecule has 0 saturated carbocycles. The van der Waals surface area contributed by atoms with Crippen molar-refractivity contribution in [1.29, 1.82) is 0 Å². The molecule has 0 bridgehead atoms. The van der Waals surface area contributed by atoms with Gasteiger partial charge in [0.05, 0.1) is 23.7 Å². The highest BCUT2D eigenvalue weighted by Crippen LogP contribution is 2.36. The van der Waals surface area contributed by atoms with Gasteiger partial charge in [-0.05, 0) is 24.3 Å². The number of hydrogen-bond donors (Lipinski definition) is 1. The minimum absolute atomic E-state index is 0.00420. The molecule has 0 saturated heterocycles. The van der Waals surface area contributed by atoms with Crippen molar-refractivity contribution in [2.45, 2.75) is 12.6 Å². The summed E-state index contributed by atoms with van der Waals surface area (Å²) in [5.74, 6) is -0.602. The number of alkyl halides is 3. The van der Waals surface area contributed by atoms with E-state index in [0.717, 1.165) is 16.7 Å². The van der Waals surface area contributed by atoms with E-state index in [1.54, 1.807) is 12.1 Å². The second-order valence-corrected chi connectivity index (χ2v) is 6.42. The molecular formula is C18H11ClF3N3O3. The lowest BCUT2D eigenvalue weighted by Crippen LogP contribution is -2.24. The van der Waals surface area contributed by atoms with Crippen LogP contribution in [0.15, 0.2) is 41.2 Å². The monoisotopic (exact) mass is 409 g/mol. The first-order valence-corrected chi connectivity index (χ1v) is 8.49. The number of anilines is 1. The van der Waals surface area contributed by atoms with E-state index in [4.69, 9.17) is 16.3 Å². The standard InChI is InChI=1S/C18H11ClF3N3O3/c19-10-3-1-2-4-11(10)25-16-9(5-6-12(23-16)18(20,21)22)14-15(17(25)27)28-8-7-13(26)24-14/h1-6H,7-8H2,(H,24,26). The molecule has 0 unspecified atom stereocenters. The number of carbonyl (C=O) groups excluding carboxylic acids is 1. The molecule has 0 aliphatic carbocycles. The van der Waals surface area contributed by atoms with Crippen molar-refractivity contribution in [3.63, 3.8) is 0 Å². The van der Waals surface area contributed by atoms with E-state index in [2.05, 4.69) is 10.3 Å². The summed E-state index contributed by atoms with van der Waals surface area (Å²) < 4.78 is 46.1. The Morgan fingerprint density at radius 3 is 2.61 bits per heavy atom. The molecule has 6 nitrogen and oxygen atoms in total. The summed E-state index contributed by atoms with van der Waals surface area (Å²) in [5, 5.41) is 2.79. The summed E-state index contributed by atoms with van der Waals surface area (Å²) in [4.78, 5) is 28.7. The highest BCUT2D eigenvalue weighted by Gasteiger charge is 2.34. The Balaban J connectivity index is 2.16. The molecule has 1 N–H and O–H groups in total. The molecule has 3 aromatic rings. The van der Waals surface area contributed by atoms with Crippen molar-refractivity contribution in [2.24, 2.45) is 0 Å². The van der Waals surface area contributed by atoms with Crippen molar-refractivity contribution in [2.75, 3.05) is 11.9 Å². The highest BCUT2D eigenvalue weighted by molar-refractivity contribution is 6.32. The van der Waals surface area contributed by atoms with Gasteiger partial charge in [-0.3, -0.25) is 14.2 Å². The Morgan fingerprint density at radius 1 is 1.14 bits per heavy atom.